The number of ether oxygens (including phenoxy) is 2. The molecule has 1 saturated heterocycles. The van der Waals surface area contributed by atoms with Gasteiger partial charge in [0.15, 0.2) is 0 Å². The number of hydrogen-bond acceptors (Lipinski definition) is 4. The Labute approximate surface area is 109 Å². The zero-order chi connectivity index (χ0) is 13.2. The van der Waals surface area contributed by atoms with Crippen LogP contribution in [0.5, 0.6) is 0 Å². The largest absolute Gasteiger partial charge is 0.444 e. The van der Waals surface area contributed by atoms with E-state index in [2.05, 4.69) is 10.6 Å². The van der Waals surface area contributed by atoms with E-state index >= 15 is 0 Å². The van der Waals surface area contributed by atoms with Crippen LogP contribution in [0.25, 0.3) is 0 Å². The summed E-state index contributed by atoms with van der Waals surface area (Å²) >= 11 is 0. The SMILES string of the molecule is CC(C)(C)OC(=O)NC1CC1NCC1CCOC1. The number of nitrogens with one attached hydrogen (secondary N) is 2. The maximum absolute atomic E-state index is 11.5. The molecule has 5 nitrogen and oxygen atoms in total. The van der Waals surface area contributed by atoms with E-state index in [1.165, 1.54) is 0 Å². The highest BCUT2D eigenvalue weighted by atomic mass is 16.6. The number of alkyl carbamates (subject to hydrolysis) is 1. The van der Waals surface area contributed by atoms with E-state index in [0.717, 1.165) is 32.6 Å². The van der Waals surface area contributed by atoms with Crippen molar-refractivity contribution in [1.82, 2.24) is 10.6 Å². The van der Waals surface area contributed by atoms with Crippen molar-refractivity contribution in [3.63, 3.8) is 0 Å². The van der Waals surface area contributed by atoms with Gasteiger partial charge in [-0.1, -0.05) is 0 Å². The van der Waals surface area contributed by atoms with E-state index in [4.69, 9.17) is 9.47 Å². The van der Waals surface area contributed by atoms with Gasteiger partial charge in [-0.2, -0.15) is 0 Å². The van der Waals surface area contributed by atoms with Crippen LogP contribution in [-0.4, -0.2) is 43.5 Å². The summed E-state index contributed by atoms with van der Waals surface area (Å²) in [6.45, 7) is 8.34. The molecule has 104 valence electrons. The lowest BCUT2D eigenvalue weighted by Gasteiger charge is -2.19. The molecule has 1 aliphatic carbocycles. The average Bonchev–Trinajstić information content (AvgIpc) is 2.76. The molecular formula is C13H24N2O3. The van der Waals surface area contributed by atoms with Gasteiger partial charge in [0.05, 0.1) is 6.61 Å². The molecule has 5 heteroatoms. The van der Waals surface area contributed by atoms with E-state index in [9.17, 15) is 4.79 Å². The first kappa shape index (κ1) is 13.6. The Balaban J connectivity index is 1.58. The summed E-state index contributed by atoms with van der Waals surface area (Å²) in [6.07, 6.45) is 1.82. The van der Waals surface area contributed by atoms with Gasteiger partial charge in [0.25, 0.3) is 0 Å². The predicted octanol–water partition coefficient (Wildman–Crippen LogP) is 1.28. The lowest BCUT2D eigenvalue weighted by molar-refractivity contribution is 0.0522. The lowest BCUT2D eigenvalue weighted by Crippen LogP contribution is -2.37. The molecule has 2 rings (SSSR count). The fourth-order valence-corrected chi connectivity index (χ4v) is 2.10. The number of amides is 1. The predicted molar refractivity (Wildman–Crippen MR) is 68.5 cm³/mol. The van der Waals surface area contributed by atoms with Crippen molar-refractivity contribution < 1.29 is 14.3 Å². The molecule has 2 aliphatic rings. The smallest absolute Gasteiger partial charge is 0.407 e. The summed E-state index contributed by atoms with van der Waals surface area (Å²) in [4.78, 5) is 11.5. The minimum absolute atomic E-state index is 0.224. The molecule has 1 amide bonds. The molecule has 0 radical (unpaired) electrons. The van der Waals surface area contributed by atoms with Crippen LogP contribution in [0.3, 0.4) is 0 Å². The maximum Gasteiger partial charge on any atom is 0.407 e. The van der Waals surface area contributed by atoms with Crippen LogP contribution >= 0.6 is 0 Å². The fraction of sp³-hybridized carbons (Fsp3) is 0.923. The zero-order valence-corrected chi connectivity index (χ0v) is 11.5. The average molecular weight is 256 g/mol. The van der Waals surface area contributed by atoms with Gasteiger partial charge >= 0.3 is 6.09 Å². The van der Waals surface area contributed by atoms with Crippen molar-refractivity contribution in [1.29, 1.82) is 0 Å². The highest BCUT2D eigenvalue weighted by Gasteiger charge is 2.39. The van der Waals surface area contributed by atoms with Gasteiger partial charge in [-0.3, -0.25) is 0 Å². The molecule has 0 spiro atoms. The van der Waals surface area contributed by atoms with Gasteiger partial charge in [0.2, 0.25) is 0 Å². The summed E-state index contributed by atoms with van der Waals surface area (Å²) < 4.78 is 10.5. The molecular weight excluding hydrogens is 232 g/mol. The minimum atomic E-state index is -0.427. The summed E-state index contributed by atoms with van der Waals surface area (Å²) in [5, 5.41) is 6.35. The molecule has 0 bridgehead atoms. The molecule has 3 unspecified atom stereocenters. The highest BCUT2D eigenvalue weighted by Crippen LogP contribution is 2.23. The summed E-state index contributed by atoms with van der Waals surface area (Å²) in [5.41, 5.74) is -0.427. The van der Waals surface area contributed by atoms with Gasteiger partial charge in [0.1, 0.15) is 5.60 Å². The van der Waals surface area contributed by atoms with Crippen LogP contribution in [0.2, 0.25) is 0 Å². The lowest BCUT2D eigenvalue weighted by atomic mass is 10.1. The fourth-order valence-electron chi connectivity index (χ4n) is 2.10. The Kier molecular flexibility index (Phi) is 4.12. The molecule has 0 aromatic heterocycles. The first-order chi connectivity index (χ1) is 8.44. The van der Waals surface area contributed by atoms with E-state index in [0.29, 0.717) is 12.0 Å². The van der Waals surface area contributed by atoms with Crippen molar-refractivity contribution in [2.24, 2.45) is 5.92 Å². The second-order valence-electron chi connectivity index (χ2n) is 6.23. The van der Waals surface area contributed by atoms with Crippen LogP contribution in [-0.2, 0) is 9.47 Å². The number of carbonyl (C=O) groups excluding carboxylic acids is 1. The molecule has 1 aliphatic heterocycles. The standard InChI is InChI=1S/C13H24N2O3/c1-13(2,3)18-12(16)15-11-6-10(11)14-7-9-4-5-17-8-9/h9-11,14H,4-8H2,1-3H3,(H,15,16). The molecule has 3 atom stereocenters. The van der Waals surface area contributed by atoms with Crippen LogP contribution in [0.4, 0.5) is 4.79 Å². The molecule has 2 fully saturated rings. The van der Waals surface area contributed by atoms with Gasteiger partial charge in [-0.05, 0) is 39.5 Å². The molecule has 18 heavy (non-hydrogen) atoms. The zero-order valence-electron chi connectivity index (χ0n) is 11.5. The Bertz CT molecular complexity index is 295. The van der Waals surface area contributed by atoms with Crippen LogP contribution < -0.4 is 10.6 Å². The number of rotatable bonds is 4. The Hall–Kier alpha value is -0.810. The van der Waals surface area contributed by atoms with Crippen molar-refractivity contribution in [2.45, 2.75) is 51.3 Å². The summed E-state index contributed by atoms with van der Waals surface area (Å²) in [6, 6.07) is 0.625. The normalized spacial score (nSPS) is 31.2. The Morgan fingerprint density at radius 1 is 1.39 bits per heavy atom. The van der Waals surface area contributed by atoms with E-state index in [-0.39, 0.29) is 12.1 Å². The minimum Gasteiger partial charge on any atom is -0.444 e. The van der Waals surface area contributed by atoms with Crippen LogP contribution in [0.1, 0.15) is 33.6 Å². The quantitative estimate of drug-likeness (QED) is 0.795. The molecule has 0 aromatic rings. The number of carbonyl (C=O) groups is 1. The first-order valence-corrected chi connectivity index (χ1v) is 6.75. The van der Waals surface area contributed by atoms with Gasteiger partial charge in [0, 0.05) is 25.2 Å². The van der Waals surface area contributed by atoms with Gasteiger partial charge < -0.3 is 20.1 Å². The molecule has 2 N–H and O–H groups in total. The third-order valence-corrected chi connectivity index (χ3v) is 3.19. The van der Waals surface area contributed by atoms with E-state index in [1.54, 1.807) is 0 Å². The van der Waals surface area contributed by atoms with Gasteiger partial charge in [-0.15, -0.1) is 0 Å². The summed E-state index contributed by atoms with van der Waals surface area (Å²) in [5.74, 6) is 0.632. The van der Waals surface area contributed by atoms with Crippen molar-refractivity contribution in [3.05, 3.63) is 0 Å². The van der Waals surface area contributed by atoms with E-state index in [1.807, 2.05) is 20.8 Å². The van der Waals surface area contributed by atoms with Crippen molar-refractivity contribution >= 4 is 6.09 Å². The maximum atomic E-state index is 11.5. The van der Waals surface area contributed by atoms with Crippen LogP contribution in [0, 0.1) is 5.92 Å². The molecule has 0 aromatic carbocycles. The van der Waals surface area contributed by atoms with E-state index < -0.39 is 5.60 Å². The topological polar surface area (TPSA) is 59.6 Å². The third-order valence-electron chi connectivity index (χ3n) is 3.19. The molecule has 1 heterocycles. The first-order valence-electron chi connectivity index (χ1n) is 6.75. The molecule has 1 saturated carbocycles. The number of hydrogen-bond donors (Lipinski definition) is 2. The van der Waals surface area contributed by atoms with Gasteiger partial charge in [-0.25, -0.2) is 4.79 Å². The Morgan fingerprint density at radius 2 is 2.17 bits per heavy atom. The van der Waals surface area contributed by atoms with Crippen molar-refractivity contribution in [2.75, 3.05) is 19.8 Å². The summed E-state index contributed by atoms with van der Waals surface area (Å²) in [7, 11) is 0. The highest BCUT2D eigenvalue weighted by molar-refractivity contribution is 5.68. The Morgan fingerprint density at radius 3 is 2.78 bits per heavy atom. The third kappa shape index (κ3) is 4.46. The van der Waals surface area contributed by atoms with Crippen LogP contribution in [0.15, 0.2) is 0 Å². The second-order valence-corrected chi connectivity index (χ2v) is 6.23. The van der Waals surface area contributed by atoms with Crippen molar-refractivity contribution in [3.8, 4) is 0 Å². The second kappa shape index (κ2) is 5.45. The monoisotopic (exact) mass is 256 g/mol.